The number of methoxy groups -OCH3 is 2. The van der Waals surface area contributed by atoms with Crippen molar-refractivity contribution in [3.05, 3.63) is 78.0 Å². The number of nitrogens with two attached hydrogens (primary N) is 1. The van der Waals surface area contributed by atoms with E-state index in [2.05, 4.69) is 4.98 Å². The molecular weight excluding hydrogens is 508 g/mol. The van der Waals surface area contributed by atoms with Crippen molar-refractivity contribution < 1.29 is 32.6 Å². The van der Waals surface area contributed by atoms with Gasteiger partial charge in [-0.15, -0.1) is 0 Å². The van der Waals surface area contributed by atoms with Gasteiger partial charge in [-0.3, -0.25) is 19.5 Å². The first kappa shape index (κ1) is 25.9. The maximum absolute atomic E-state index is 15.6. The van der Waals surface area contributed by atoms with Crippen LogP contribution in [0.25, 0.3) is 10.9 Å². The smallest absolute Gasteiger partial charge is 0.247 e. The molecule has 1 fully saturated rings. The highest BCUT2D eigenvalue weighted by atomic mass is 19.1. The van der Waals surface area contributed by atoms with Gasteiger partial charge in [-0.2, -0.15) is 0 Å². The monoisotopic (exact) mass is 533 g/mol. The van der Waals surface area contributed by atoms with Crippen LogP contribution < -0.4 is 24.8 Å². The lowest BCUT2D eigenvalue weighted by Gasteiger charge is -2.28. The first-order valence-electron chi connectivity index (χ1n) is 12.1. The summed E-state index contributed by atoms with van der Waals surface area (Å²) in [5.41, 5.74) is 5.63. The van der Waals surface area contributed by atoms with Crippen LogP contribution in [0.1, 0.15) is 18.4 Å². The van der Waals surface area contributed by atoms with E-state index in [0.29, 0.717) is 33.7 Å². The van der Waals surface area contributed by atoms with Crippen molar-refractivity contribution in [1.29, 1.82) is 0 Å². The number of ether oxygens (including phenoxy) is 3. The number of halogens is 2. The molecule has 10 heteroatoms. The second kappa shape index (κ2) is 9.86. The molecule has 0 bridgehead atoms. The zero-order valence-corrected chi connectivity index (χ0v) is 21.5. The topological polar surface area (TPSA) is 104 Å². The van der Waals surface area contributed by atoms with E-state index in [1.54, 1.807) is 25.1 Å². The van der Waals surface area contributed by atoms with Gasteiger partial charge in [0.2, 0.25) is 11.8 Å². The molecule has 4 aromatic rings. The van der Waals surface area contributed by atoms with Crippen molar-refractivity contribution in [2.24, 2.45) is 11.1 Å². The lowest BCUT2D eigenvalue weighted by atomic mass is 10.0. The summed E-state index contributed by atoms with van der Waals surface area (Å²) < 4.78 is 45.9. The molecule has 0 aliphatic heterocycles. The maximum Gasteiger partial charge on any atom is 0.247 e. The Bertz CT molecular complexity index is 1600. The summed E-state index contributed by atoms with van der Waals surface area (Å²) in [7, 11) is 3.01. The number of rotatable bonds is 8. The number of hydrogen-bond acceptors (Lipinski definition) is 6. The van der Waals surface area contributed by atoms with Crippen molar-refractivity contribution in [3.63, 3.8) is 0 Å². The van der Waals surface area contributed by atoms with Gasteiger partial charge in [-0.05, 0) is 67.8 Å². The summed E-state index contributed by atoms with van der Waals surface area (Å²) in [4.78, 5) is 31.3. The fraction of sp³-hybridized carbons (Fsp3) is 0.207. The van der Waals surface area contributed by atoms with Crippen molar-refractivity contribution in [3.8, 4) is 23.0 Å². The molecule has 8 nitrogen and oxygen atoms in total. The summed E-state index contributed by atoms with van der Waals surface area (Å²) in [6.07, 6.45) is 2.09. The van der Waals surface area contributed by atoms with E-state index >= 15 is 4.39 Å². The van der Waals surface area contributed by atoms with Gasteiger partial charge in [-0.25, -0.2) is 8.78 Å². The first-order chi connectivity index (χ1) is 18.7. The molecule has 1 saturated carbocycles. The van der Waals surface area contributed by atoms with Crippen LogP contribution in [0, 0.1) is 24.0 Å². The summed E-state index contributed by atoms with van der Waals surface area (Å²) in [5, 5.41) is 0.566. The molecule has 0 spiro atoms. The molecule has 5 rings (SSSR count). The number of amides is 2. The van der Waals surface area contributed by atoms with Gasteiger partial charge in [0.1, 0.15) is 17.0 Å². The fourth-order valence-electron chi connectivity index (χ4n) is 4.48. The number of fused-ring (bicyclic) bond motifs is 1. The molecule has 1 heterocycles. The zero-order chi connectivity index (χ0) is 27.9. The minimum atomic E-state index is -1.39. The summed E-state index contributed by atoms with van der Waals surface area (Å²) >= 11 is 0. The van der Waals surface area contributed by atoms with Crippen molar-refractivity contribution in [2.45, 2.75) is 19.8 Å². The Kier molecular flexibility index (Phi) is 6.55. The number of anilines is 2. The molecule has 0 saturated heterocycles. The zero-order valence-electron chi connectivity index (χ0n) is 21.5. The average Bonchev–Trinajstić information content (AvgIpc) is 3.74. The summed E-state index contributed by atoms with van der Waals surface area (Å²) in [6, 6.07) is 12.7. The molecule has 0 radical (unpaired) electrons. The molecule has 0 atom stereocenters. The van der Waals surface area contributed by atoms with Gasteiger partial charge in [0.15, 0.2) is 23.1 Å². The number of aromatic nitrogens is 1. The van der Waals surface area contributed by atoms with E-state index in [0.717, 1.165) is 6.07 Å². The third-order valence-corrected chi connectivity index (χ3v) is 6.84. The highest BCUT2D eigenvalue weighted by Crippen LogP contribution is 2.50. The molecule has 1 aliphatic carbocycles. The van der Waals surface area contributed by atoms with Crippen LogP contribution >= 0.6 is 0 Å². The van der Waals surface area contributed by atoms with Crippen molar-refractivity contribution >= 4 is 34.1 Å². The van der Waals surface area contributed by atoms with Crippen LogP contribution in [0.3, 0.4) is 0 Å². The normalized spacial score (nSPS) is 13.6. The highest BCUT2D eigenvalue weighted by Gasteiger charge is 2.57. The minimum Gasteiger partial charge on any atom is -0.493 e. The quantitative estimate of drug-likeness (QED) is 0.298. The van der Waals surface area contributed by atoms with Gasteiger partial charge in [0, 0.05) is 29.4 Å². The molecule has 200 valence electrons. The third-order valence-electron chi connectivity index (χ3n) is 6.84. The Balaban J connectivity index is 1.57. The molecule has 1 aliphatic rings. The minimum absolute atomic E-state index is 0.0962. The predicted molar refractivity (Wildman–Crippen MR) is 140 cm³/mol. The van der Waals surface area contributed by atoms with Crippen molar-refractivity contribution in [2.75, 3.05) is 19.1 Å². The summed E-state index contributed by atoms with van der Waals surface area (Å²) in [5.74, 6) is -1.46. The molecule has 39 heavy (non-hydrogen) atoms. The SMILES string of the molecule is COc1cc2nccc(Oc3cc(C)c(N(C(=O)C4(C(N)=O)CC4)c4ccc(F)cc4)cc3F)c2cc1OC. The number of hydrogen-bond donors (Lipinski definition) is 1. The number of benzene rings is 3. The fourth-order valence-corrected chi connectivity index (χ4v) is 4.48. The van der Waals surface area contributed by atoms with E-state index in [1.165, 1.54) is 55.6 Å². The van der Waals surface area contributed by atoms with Crippen LogP contribution in [0.2, 0.25) is 0 Å². The van der Waals surface area contributed by atoms with E-state index in [9.17, 15) is 14.0 Å². The van der Waals surface area contributed by atoms with E-state index in [1.807, 2.05) is 0 Å². The number of carbonyl (C=O) groups is 2. The van der Waals surface area contributed by atoms with Crippen LogP contribution in [-0.2, 0) is 9.59 Å². The number of pyridine rings is 1. The number of primary amides is 1. The standard InChI is InChI=1S/C29H25F2N3O5/c1-16-12-24(39-23-8-11-33-21-15-26(38-3)25(37-2)13-19(21)23)20(31)14-22(16)34(18-6-4-17(30)5-7-18)28(36)29(9-10-29)27(32)35/h4-8,11-15H,9-10H2,1-3H3,(H2,32,35). The molecule has 1 aromatic heterocycles. The van der Waals surface area contributed by atoms with E-state index in [-0.39, 0.29) is 30.0 Å². The van der Waals surface area contributed by atoms with Crippen LogP contribution in [0.15, 0.2) is 60.8 Å². The molecule has 0 unspecified atom stereocenters. The Morgan fingerprint density at radius 2 is 1.59 bits per heavy atom. The highest BCUT2D eigenvalue weighted by molar-refractivity contribution is 6.16. The van der Waals surface area contributed by atoms with Crippen LogP contribution in [0.5, 0.6) is 23.0 Å². The predicted octanol–water partition coefficient (Wildman–Crippen LogP) is 5.56. The number of nitrogens with zero attached hydrogens (tertiary/aromatic N) is 2. The largest absolute Gasteiger partial charge is 0.493 e. The van der Waals surface area contributed by atoms with Gasteiger partial charge in [-0.1, -0.05) is 0 Å². The van der Waals surface area contributed by atoms with Crippen LogP contribution in [-0.4, -0.2) is 31.0 Å². The molecule has 2 N–H and O–H groups in total. The Morgan fingerprint density at radius 1 is 0.923 bits per heavy atom. The maximum atomic E-state index is 15.6. The number of aryl methyl sites for hydroxylation is 1. The average molecular weight is 534 g/mol. The summed E-state index contributed by atoms with van der Waals surface area (Å²) in [6.45, 7) is 1.67. The molecular formula is C29H25F2N3O5. The van der Waals surface area contributed by atoms with Crippen molar-refractivity contribution in [1.82, 2.24) is 4.98 Å². The van der Waals surface area contributed by atoms with Gasteiger partial charge < -0.3 is 19.9 Å². The Morgan fingerprint density at radius 3 is 2.21 bits per heavy atom. The van der Waals surface area contributed by atoms with Gasteiger partial charge in [0.05, 0.1) is 25.4 Å². The Labute approximate surface area is 222 Å². The van der Waals surface area contributed by atoms with E-state index in [4.69, 9.17) is 19.9 Å². The lowest BCUT2D eigenvalue weighted by molar-refractivity contribution is -0.133. The number of carbonyl (C=O) groups excluding carboxylic acids is 2. The first-order valence-corrected chi connectivity index (χ1v) is 12.1. The second-order valence-electron chi connectivity index (χ2n) is 9.27. The molecule has 3 aromatic carbocycles. The van der Waals surface area contributed by atoms with E-state index < -0.39 is 28.9 Å². The second-order valence-corrected chi connectivity index (χ2v) is 9.27. The third kappa shape index (κ3) is 4.58. The van der Waals surface area contributed by atoms with Crippen LogP contribution in [0.4, 0.5) is 20.2 Å². The molecule has 2 amide bonds. The lowest BCUT2D eigenvalue weighted by Crippen LogP contribution is -2.41. The Hall–Kier alpha value is -4.73. The van der Waals surface area contributed by atoms with Gasteiger partial charge >= 0.3 is 0 Å². The van der Waals surface area contributed by atoms with Gasteiger partial charge in [0.25, 0.3) is 0 Å².